The first-order chi connectivity index (χ1) is 12.5. The summed E-state index contributed by atoms with van der Waals surface area (Å²) < 4.78 is 1.73. The van der Waals surface area contributed by atoms with Gasteiger partial charge in [-0.15, -0.1) is 0 Å². The molecule has 2 aromatic rings. The number of nitriles is 1. The molecule has 0 atom stereocenters. The largest absolute Gasteiger partial charge is 0.355 e. The van der Waals surface area contributed by atoms with Crippen LogP contribution in [-0.4, -0.2) is 62.8 Å². The topological polar surface area (TPSA) is 90.9 Å². The number of carbonyl (C=O) groups is 1. The van der Waals surface area contributed by atoms with Crippen molar-refractivity contribution in [3.8, 4) is 6.07 Å². The minimum atomic E-state index is -0.0205. The first kappa shape index (κ1) is 18.2. The maximum atomic E-state index is 12.6. The van der Waals surface area contributed by atoms with Gasteiger partial charge < -0.3 is 14.4 Å². The fraction of sp³-hybridized carbons (Fsp3) is 0.471. The van der Waals surface area contributed by atoms with Crippen molar-refractivity contribution < 1.29 is 4.79 Å². The summed E-state index contributed by atoms with van der Waals surface area (Å²) in [5.41, 5.74) is 1.07. The molecule has 0 radical (unpaired) electrons. The Morgan fingerprint density at radius 1 is 1.38 bits per heavy atom. The normalized spacial score (nSPS) is 14.9. The number of rotatable bonds is 4. The lowest BCUT2D eigenvalue weighted by molar-refractivity contribution is 0.0699. The Kier molecular flexibility index (Phi) is 5.42. The van der Waals surface area contributed by atoms with Gasteiger partial charge in [-0.05, 0) is 19.1 Å². The molecule has 26 heavy (non-hydrogen) atoms. The first-order valence-corrected chi connectivity index (χ1v) is 9.57. The van der Waals surface area contributed by atoms with E-state index in [-0.39, 0.29) is 11.9 Å². The molecule has 1 fully saturated rings. The molecule has 0 bridgehead atoms. The van der Waals surface area contributed by atoms with Crippen molar-refractivity contribution in [2.45, 2.75) is 24.0 Å². The van der Waals surface area contributed by atoms with Gasteiger partial charge in [0.25, 0.3) is 5.91 Å². The third-order valence-corrected chi connectivity index (χ3v) is 5.28. The molecule has 1 aliphatic rings. The van der Waals surface area contributed by atoms with E-state index in [1.165, 1.54) is 11.8 Å². The Hall–Kier alpha value is -2.60. The van der Waals surface area contributed by atoms with Gasteiger partial charge in [-0.1, -0.05) is 11.8 Å². The quantitative estimate of drug-likeness (QED) is 0.595. The smallest absolute Gasteiger partial charge is 0.272 e. The molecule has 0 spiro atoms. The maximum absolute atomic E-state index is 12.6. The van der Waals surface area contributed by atoms with Crippen LogP contribution in [0.4, 0.5) is 5.82 Å². The average Bonchev–Trinajstić information content (AvgIpc) is 3.12. The molecule has 8 nitrogen and oxygen atoms in total. The molecule has 0 aromatic carbocycles. The third kappa shape index (κ3) is 3.51. The monoisotopic (exact) mass is 371 g/mol. The molecule has 1 amide bonds. The Morgan fingerprint density at radius 2 is 2.12 bits per heavy atom. The summed E-state index contributed by atoms with van der Waals surface area (Å²) in [5.74, 6) is 0.666. The van der Waals surface area contributed by atoms with E-state index in [1.54, 1.807) is 28.2 Å². The third-order valence-electron chi connectivity index (χ3n) is 4.72. The van der Waals surface area contributed by atoms with Crippen LogP contribution in [0.25, 0.3) is 0 Å². The van der Waals surface area contributed by atoms with E-state index in [1.807, 2.05) is 20.4 Å². The number of aromatic nitrogens is 4. The van der Waals surface area contributed by atoms with Gasteiger partial charge >= 0.3 is 0 Å². The van der Waals surface area contributed by atoms with Crippen LogP contribution in [0.5, 0.6) is 0 Å². The first-order valence-electron chi connectivity index (χ1n) is 8.34. The number of anilines is 1. The van der Waals surface area contributed by atoms with E-state index in [0.717, 1.165) is 25.9 Å². The highest BCUT2D eigenvalue weighted by Gasteiger charge is 2.28. The zero-order chi connectivity index (χ0) is 18.7. The van der Waals surface area contributed by atoms with Crippen LogP contribution < -0.4 is 4.90 Å². The van der Waals surface area contributed by atoms with Gasteiger partial charge in [0.15, 0.2) is 11.0 Å². The van der Waals surface area contributed by atoms with Crippen molar-refractivity contribution >= 4 is 23.5 Å². The lowest BCUT2D eigenvalue weighted by Gasteiger charge is -2.37. The maximum Gasteiger partial charge on any atom is 0.272 e. The second-order valence-electron chi connectivity index (χ2n) is 6.23. The van der Waals surface area contributed by atoms with Gasteiger partial charge in [0.1, 0.15) is 17.3 Å². The molecule has 1 saturated heterocycles. The zero-order valence-corrected chi connectivity index (χ0v) is 15.9. The summed E-state index contributed by atoms with van der Waals surface area (Å²) in [5, 5.41) is 9.99. The van der Waals surface area contributed by atoms with Crippen molar-refractivity contribution in [2.75, 3.05) is 31.3 Å². The molecule has 136 valence electrons. The van der Waals surface area contributed by atoms with Crippen LogP contribution >= 0.6 is 11.8 Å². The molecule has 3 heterocycles. The molecule has 0 saturated carbocycles. The number of thioether (sulfide) groups is 1. The standard InChI is InChI=1S/C17H21N7OS/c1-22-11-19-10-14(22)16(25)23(2)13-4-6-24(7-5-13)15-12(8-18)9-20-17(21-15)26-3/h9-11,13H,4-7H2,1-3H3. The highest BCUT2D eigenvalue weighted by molar-refractivity contribution is 7.98. The molecule has 0 N–H and O–H groups in total. The van der Waals surface area contributed by atoms with Gasteiger partial charge in [-0.25, -0.2) is 15.0 Å². The van der Waals surface area contributed by atoms with E-state index in [9.17, 15) is 10.1 Å². The minimum absolute atomic E-state index is 0.0205. The van der Waals surface area contributed by atoms with Crippen LogP contribution in [0.3, 0.4) is 0 Å². The number of piperidine rings is 1. The molecular formula is C17H21N7OS. The van der Waals surface area contributed by atoms with Gasteiger partial charge in [0, 0.05) is 33.2 Å². The average molecular weight is 371 g/mol. The summed E-state index contributed by atoms with van der Waals surface area (Å²) >= 11 is 1.46. The van der Waals surface area contributed by atoms with Crippen LogP contribution in [0.1, 0.15) is 28.9 Å². The van der Waals surface area contributed by atoms with Gasteiger partial charge in [-0.3, -0.25) is 4.79 Å². The number of hydrogen-bond donors (Lipinski definition) is 0. The molecular weight excluding hydrogens is 350 g/mol. The summed E-state index contributed by atoms with van der Waals surface area (Å²) in [6.07, 6.45) is 8.37. The summed E-state index contributed by atoms with van der Waals surface area (Å²) in [4.78, 5) is 29.2. The van der Waals surface area contributed by atoms with Crippen molar-refractivity contribution in [2.24, 2.45) is 7.05 Å². The van der Waals surface area contributed by atoms with Crippen LogP contribution in [0, 0.1) is 11.3 Å². The Labute approximate surface area is 156 Å². The number of amides is 1. The van der Waals surface area contributed by atoms with E-state index in [2.05, 4.69) is 25.9 Å². The van der Waals surface area contributed by atoms with Crippen LogP contribution in [-0.2, 0) is 7.05 Å². The second kappa shape index (κ2) is 7.74. The molecule has 0 aliphatic carbocycles. The Morgan fingerprint density at radius 3 is 2.69 bits per heavy atom. The number of nitrogens with zero attached hydrogens (tertiary/aromatic N) is 7. The lowest BCUT2D eigenvalue weighted by atomic mass is 10.0. The molecule has 2 aromatic heterocycles. The van der Waals surface area contributed by atoms with Crippen molar-refractivity contribution in [3.63, 3.8) is 0 Å². The van der Waals surface area contributed by atoms with Crippen molar-refractivity contribution in [1.29, 1.82) is 5.26 Å². The number of imidazole rings is 1. The number of hydrogen-bond acceptors (Lipinski definition) is 7. The van der Waals surface area contributed by atoms with E-state index in [0.29, 0.717) is 22.2 Å². The fourth-order valence-electron chi connectivity index (χ4n) is 3.15. The molecule has 9 heteroatoms. The highest BCUT2D eigenvalue weighted by Crippen LogP contribution is 2.25. The fourth-order valence-corrected chi connectivity index (χ4v) is 3.49. The lowest BCUT2D eigenvalue weighted by Crippen LogP contribution is -2.46. The van der Waals surface area contributed by atoms with Crippen molar-refractivity contribution in [3.05, 3.63) is 30.0 Å². The zero-order valence-electron chi connectivity index (χ0n) is 15.1. The highest BCUT2D eigenvalue weighted by atomic mass is 32.2. The van der Waals surface area contributed by atoms with Crippen LogP contribution in [0.15, 0.2) is 23.9 Å². The second-order valence-corrected chi connectivity index (χ2v) is 7.00. The summed E-state index contributed by atoms with van der Waals surface area (Å²) in [6, 6.07) is 2.32. The Bertz CT molecular complexity index is 836. The Balaban J connectivity index is 1.69. The predicted octanol–water partition coefficient (Wildman–Crippen LogP) is 1.54. The minimum Gasteiger partial charge on any atom is -0.355 e. The van der Waals surface area contributed by atoms with Gasteiger partial charge in [0.05, 0.1) is 18.7 Å². The SMILES string of the molecule is CSc1ncc(C#N)c(N2CCC(N(C)C(=O)c3cncn3C)CC2)n1. The van der Waals surface area contributed by atoms with Crippen molar-refractivity contribution in [1.82, 2.24) is 24.4 Å². The summed E-state index contributed by atoms with van der Waals surface area (Å²) in [6.45, 7) is 1.49. The van der Waals surface area contributed by atoms with Gasteiger partial charge in [0.2, 0.25) is 0 Å². The molecule has 3 rings (SSSR count). The summed E-state index contributed by atoms with van der Waals surface area (Å²) in [7, 11) is 3.66. The predicted molar refractivity (Wildman–Crippen MR) is 99.1 cm³/mol. The van der Waals surface area contributed by atoms with E-state index in [4.69, 9.17) is 0 Å². The number of aryl methyl sites for hydroxylation is 1. The molecule has 0 unspecified atom stereocenters. The van der Waals surface area contributed by atoms with E-state index >= 15 is 0 Å². The molecule has 1 aliphatic heterocycles. The number of carbonyl (C=O) groups excluding carboxylic acids is 1. The van der Waals surface area contributed by atoms with E-state index < -0.39 is 0 Å². The van der Waals surface area contributed by atoms with Crippen LogP contribution in [0.2, 0.25) is 0 Å². The van der Waals surface area contributed by atoms with Gasteiger partial charge in [-0.2, -0.15) is 5.26 Å².